The van der Waals surface area contributed by atoms with Crippen LogP contribution < -0.4 is 4.72 Å². The molecule has 0 spiro atoms. The number of hydrogen-bond donors (Lipinski definition) is 1. The standard InChI is InChI=1S/C14H13BrN2O2S2/c1-8-6-11(4-5-13(8)15)21(18,19)17-14-12(7-16)9(2)10(3)20-14/h4-6,17H,1-3H3. The number of hydrogen-bond acceptors (Lipinski definition) is 4. The Hall–Kier alpha value is -1.36. The highest BCUT2D eigenvalue weighted by Crippen LogP contribution is 2.33. The van der Waals surface area contributed by atoms with E-state index in [4.69, 9.17) is 0 Å². The fraction of sp³-hybridized carbons (Fsp3) is 0.214. The zero-order chi connectivity index (χ0) is 15.8. The van der Waals surface area contributed by atoms with Crippen molar-refractivity contribution in [1.82, 2.24) is 0 Å². The second kappa shape index (κ2) is 5.79. The predicted octanol–water partition coefficient (Wildman–Crippen LogP) is 4.11. The van der Waals surface area contributed by atoms with Crippen molar-refractivity contribution < 1.29 is 8.42 Å². The van der Waals surface area contributed by atoms with Crippen molar-refractivity contribution in [3.05, 3.63) is 44.2 Å². The van der Waals surface area contributed by atoms with Gasteiger partial charge in [0.1, 0.15) is 11.1 Å². The molecule has 0 fully saturated rings. The summed E-state index contributed by atoms with van der Waals surface area (Å²) in [7, 11) is -3.70. The van der Waals surface area contributed by atoms with Crippen LogP contribution >= 0.6 is 27.3 Å². The quantitative estimate of drug-likeness (QED) is 0.865. The van der Waals surface area contributed by atoms with Crippen LogP contribution in [0.4, 0.5) is 5.00 Å². The second-order valence-corrected chi connectivity index (χ2v) is 8.38. The van der Waals surface area contributed by atoms with Gasteiger partial charge < -0.3 is 0 Å². The van der Waals surface area contributed by atoms with Crippen molar-refractivity contribution in [1.29, 1.82) is 5.26 Å². The van der Waals surface area contributed by atoms with Gasteiger partial charge in [0.2, 0.25) is 0 Å². The molecule has 0 saturated carbocycles. The van der Waals surface area contributed by atoms with Gasteiger partial charge >= 0.3 is 0 Å². The summed E-state index contributed by atoms with van der Waals surface area (Å²) in [5.74, 6) is 0. The molecule has 2 aromatic rings. The van der Waals surface area contributed by atoms with Crippen molar-refractivity contribution >= 4 is 42.3 Å². The molecule has 0 atom stereocenters. The maximum Gasteiger partial charge on any atom is 0.262 e. The Bertz CT molecular complexity index is 849. The summed E-state index contributed by atoms with van der Waals surface area (Å²) < 4.78 is 28.2. The number of aryl methyl sites for hydroxylation is 2. The van der Waals surface area contributed by atoms with Gasteiger partial charge in [-0.25, -0.2) is 8.42 Å². The summed E-state index contributed by atoms with van der Waals surface area (Å²) in [6.45, 7) is 5.50. The molecule has 2 rings (SSSR count). The summed E-state index contributed by atoms with van der Waals surface area (Å²) in [6, 6.07) is 6.87. The number of anilines is 1. The summed E-state index contributed by atoms with van der Waals surface area (Å²) in [6.07, 6.45) is 0. The number of halogens is 1. The number of benzene rings is 1. The lowest BCUT2D eigenvalue weighted by atomic mass is 10.2. The number of thiophene rings is 1. The molecule has 21 heavy (non-hydrogen) atoms. The van der Waals surface area contributed by atoms with E-state index in [0.29, 0.717) is 10.6 Å². The molecule has 1 aromatic heterocycles. The van der Waals surface area contributed by atoms with Crippen molar-refractivity contribution in [2.45, 2.75) is 25.7 Å². The molecule has 0 aliphatic heterocycles. The Balaban J connectivity index is 2.45. The SMILES string of the molecule is Cc1cc(S(=O)(=O)Nc2sc(C)c(C)c2C#N)ccc1Br. The molecule has 4 nitrogen and oxygen atoms in total. The van der Waals surface area contributed by atoms with E-state index in [-0.39, 0.29) is 4.90 Å². The average Bonchev–Trinajstić information content (AvgIpc) is 2.66. The van der Waals surface area contributed by atoms with Crippen molar-refractivity contribution in [3.63, 3.8) is 0 Å². The highest BCUT2D eigenvalue weighted by Gasteiger charge is 2.20. The van der Waals surface area contributed by atoms with Gasteiger partial charge in [0.15, 0.2) is 0 Å². The molecular formula is C14H13BrN2O2S2. The molecule has 0 aliphatic carbocycles. The largest absolute Gasteiger partial charge is 0.269 e. The topological polar surface area (TPSA) is 70.0 Å². The summed E-state index contributed by atoms with van der Waals surface area (Å²) in [5.41, 5.74) is 2.03. The summed E-state index contributed by atoms with van der Waals surface area (Å²) in [5, 5.41) is 9.54. The molecule has 0 bridgehead atoms. The van der Waals surface area contributed by atoms with Gasteiger partial charge in [0.25, 0.3) is 10.0 Å². The molecular weight excluding hydrogens is 372 g/mol. The molecule has 0 amide bonds. The van der Waals surface area contributed by atoms with Crippen LogP contribution in [0, 0.1) is 32.1 Å². The monoisotopic (exact) mass is 384 g/mol. The smallest absolute Gasteiger partial charge is 0.262 e. The Morgan fingerprint density at radius 2 is 1.95 bits per heavy atom. The van der Waals surface area contributed by atoms with E-state index in [1.165, 1.54) is 17.4 Å². The van der Waals surface area contributed by atoms with Gasteiger partial charge in [-0.3, -0.25) is 4.72 Å². The first-order valence-corrected chi connectivity index (χ1v) is 9.14. The van der Waals surface area contributed by atoms with Gasteiger partial charge in [0.05, 0.1) is 10.5 Å². The van der Waals surface area contributed by atoms with Gasteiger partial charge in [-0.1, -0.05) is 15.9 Å². The number of nitrogens with one attached hydrogen (secondary N) is 1. The fourth-order valence-electron chi connectivity index (χ4n) is 1.80. The molecule has 1 N–H and O–H groups in total. The Kier molecular flexibility index (Phi) is 4.42. The van der Waals surface area contributed by atoms with Crippen LogP contribution in [0.3, 0.4) is 0 Å². The first-order chi connectivity index (χ1) is 9.76. The zero-order valence-electron chi connectivity index (χ0n) is 11.7. The van der Waals surface area contributed by atoms with Crippen molar-refractivity contribution in [2.24, 2.45) is 0 Å². The molecule has 1 aromatic carbocycles. The van der Waals surface area contributed by atoms with Gasteiger partial charge in [-0.05, 0) is 50.1 Å². The van der Waals surface area contributed by atoms with Crippen LogP contribution in [0.25, 0.3) is 0 Å². The molecule has 0 unspecified atom stereocenters. The molecule has 110 valence electrons. The third kappa shape index (κ3) is 3.12. The lowest BCUT2D eigenvalue weighted by molar-refractivity contribution is 0.601. The minimum atomic E-state index is -3.70. The zero-order valence-corrected chi connectivity index (χ0v) is 14.9. The normalized spacial score (nSPS) is 11.2. The second-order valence-electron chi connectivity index (χ2n) is 4.62. The number of sulfonamides is 1. The first-order valence-electron chi connectivity index (χ1n) is 6.05. The maximum atomic E-state index is 12.4. The highest BCUT2D eigenvalue weighted by atomic mass is 79.9. The van der Waals surface area contributed by atoms with Gasteiger partial charge in [0, 0.05) is 9.35 Å². The van der Waals surface area contributed by atoms with Crippen LogP contribution in [0.5, 0.6) is 0 Å². The van der Waals surface area contributed by atoms with Crippen molar-refractivity contribution in [3.8, 4) is 6.07 Å². The minimum Gasteiger partial charge on any atom is -0.269 e. The third-order valence-electron chi connectivity index (χ3n) is 3.16. The van der Waals surface area contributed by atoms with Crippen LogP contribution in [0.1, 0.15) is 21.6 Å². The maximum absolute atomic E-state index is 12.4. The Morgan fingerprint density at radius 3 is 2.52 bits per heavy atom. The Morgan fingerprint density at radius 1 is 1.29 bits per heavy atom. The number of nitriles is 1. The van der Waals surface area contributed by atoms with Crippen molar-refractivity contribution in [2.75, 3.05) is 4.72 Å². The molecule has 0 saturated heterocycles. The number of nitrogens with zero attached hydrogens (tertiary/aromatic N) is 1. The van der Waals surface area contributed by atoms with E-state index < -0.39 is 10.0 Å². The van der Waals surface area contributed by atoms with E-state index in [9.17, 15) is 13.7 Å². The molecule has 7 heteroatoms. The molecule has 0 aliphatic rings. The lowest BCUT2D eigenvalue weighted by Gasteiger charge is -2.08. The predicted molar refractivity (Wildman–Crippen MR) is 88.2 cm³/mol. The van der Waals surface area contributed by atoms with E-state index in [1.54, 1.807) is 12.1 Å². The van der Waals surface area contributed by atoms with E-state index in [0.717, 1.165) is 20.5 Å². The molecule has 1 heterocycles. The molecule has 0 radical (unpaired) electrons. The highest BCUT2D eigenvalue weighted by molar-refractivity contribution is 9.10. The fourth-order valence-corrected chi connectivity index (χ4v) is 4.45. The van der Waals surface area contributed by atoms with E-state index >= 15 is 0 Å². The summed E-state index contributed by atoms with van der Waals surface area (Å²) in [4.78, 5) is 1.10. The number of rotatable bonds is 3. The first kappa shape index (κ1) is 16.0. The van der Waals surface area contributed by atoms with E-state index in [1.807, 2.05) is 20.8 Å². The van der Waals surface area contributed by atoms with Crippen LogP contribution in [-0.2, 0) is 10.0 Å². The minimum absolute atomic E-state index is 0.177. The van der Waals surface area contributed by atoms with Crippen LogP contribution in [0.15, 0.2) is 27.6 Å². The third-order valence-corrected chi connectivity index (χ3v) is 6.65. The average molecular weight is 385 g/mol. The van der Waals surface area contributed by atoms with E-state index in [2.05, 4.69) is 26.7 Å². The Labute approximate surface area is 136 Å². The summed E-state index contributed by atoms with van der Waals surface area (Å²) >= 11 is 4.61. The van der Waals surface area contributed by atoms with Crippen LogP contribution in [-0.4, -0.2) is 8.42 Å². The van der Waals surface area contributed by atoms with Gasteiger partial charge in [-0.15, -0.1) is 11.3 Å². The lowest BCUT2D eigenvalue weighted by Crippen LogP contribution is -2.13. The van der Waals surface area contributed by atoms with Gasteiger partial charge in [-0.2, -0.15) is 5.26 Å². The van der Waals surface area contributed by atoms with Crippen LogP contribution in [0.2, 0.25) is 0 Å².